The van der Waals surface area contributed by atoms with Crippen LogP contribution in [0.15, 0.2) is 28.7 Å². The Kier molecular flexibility index (Phi) is 4.54. The molecule has 1 amide bonds. The summed E-state index contributed by atoms with van der Waals surface area (Å²) in [6, 6.07) is 7.80. The molecule has 2 aromatic rings. The van der Waals surface area contributed by atoms with Gasteiger partial charge < -0.3 is 10.6 Å². The first-order valence-electron chi connectivity index (χ1n) is 7.34. The van der Waals surface area contributed by atoms with Crippen LogP contribution in [0.25, 0.3) is 0 Å². The van der Waals surface area contributed by atoms with Crippen molar-refractivity contribution in [3.63, 3.8) is 0 Å². The molecule has 1 aliphatic heterocycles. The van der Waals surface area contributed by atoms with Gasteiger partial charge in [-0.05, 0) is 51.1 Å². The summed E-state index contributed by atoms with van der Waals surface area (Å²) in [5.41, 5.74) is 1.94. The summed E-state index contributed by atoms with van der Waals surface area (Å²) in [5, 5.41) is 14.5. The van der Waals surface area contributed by atoms with Crippen LogP contribution in [0.5, 0.6) is 0 Å². The van der Waals surface area contributed by atoms with Gasteiger partial charge in [-0.1, -0.05) is 27.2 Å². The molecule has 1 aliphatic rings. The van der Waals surface area contributed by atoms with E-state index < -0.39 is 0 Å². The average molecular weight is 364 g/mol. The van der Waals surface area contributed by atoms with Crippen molar-refractivity contribution in [2.45, 2.75) is 25.8 Å². The van der Waals surface area contributed by atoms with Crippen LogP contribution in [0.1, 0.15) is 35.1 Å². The van der Waals surface area contributed by atoms with E-state index in [1.54, 1.807) is 0 Å². The van der Waals surface area contributed by atoms with Gasteiger partial charge in [0.1, 0.15) is 0 Å². The molecule has 2 N–H and O–H groups in total. The van der Waals surface area contributed by atoms with Gasteiger partial charge in [0.15, 0.2) is 5.69 Å². The maximum absolute atomic E-state index is 12.4. The number of anilines is 1. The lowest BCUT2D eigenvalue weighted by Crippen LogP contribution is -2.30. The molecule has 0 bridgehead atoms. The van der Waals surface area contributed by atoms with E-state index in [0.29, 0.717) is 11.7 Å². The van der Waals surface area contributed by atoms with Gasteiger partial charge in [-0.15, -0.1) is 5.10 Å². The largest absolute Gasteiger partial charge is 0.320 e. The summed E-state index contributed by atoms with van der Waals surface area (Å²) < 4.78 is 2.80. The summed E-state index contributed by atoms with van der Waals surface area (Å²) in [4.78, 5) is 12.4. The molecule has 0 saturated carbocycles. The normalized spacial score (nSPS) is 15.7. The first kappa shape index (κ1) is 15.2. The Bertz CT molecular complexity index is 678. The van der Waals surface area contributed by atoms with Crippen LogP contribution in [0.4, 0.5) is 5.69 Å². The highest BCUT2D eigenvalue weighted by molar-refractivity contribution is 9.10. The van der Waals surface area contributed by atoms with E-state index >= 15 is 0 Å². The van der Waals surface area contributed by atoms with E-state index in [1.165, 1.54) is 0 Å². The number of halogens is 1. The van der Waals surface area contributed by atoms with E-state index in [9.17, 15) is 4.79 Å². The standard InChI is InChI=1S/C15H18BrN5O/c1-10-14(15(22)18-12-4-2-3-11(16)9-12)19-20-21(10)13-5-7-17-8-6-13/h2-4,9,13,17H,5-8H2,1H3,(H,18,22). The number of rotatable bonds is 3. The fourth-order valence-electron chi connectivity index (χ4n) is 2.71. The lowest BCUT2D eigenvalue weighted by Gasteiger charge is -2.23. The number of benzene rings is 1. The highest BCUT2D eigenvalue weighted by atomic mass is 79.9. The SMILES string of the molecule is Cc1c(C(=O)Nc2cccc(Br)c2)nnn1C1CCNCC1. The minimum atomic E-state index is -0.226. The monoisotopic (exact) mass is 363 g/mol. The molecule has 116 valence electrons. The van der Waals surface area contributed by atoms with Gasteiger partial charge in [0, 0.05) is 10.2 Å². The second kappa shape index (κ2) is 6.58. The Labute approximate surface area is 137 Å². The van der Waals surface area contributed by atoms with Gasteiger partial charge in [0.05, 0.1) is 11.7 Å². The van der Waals surface area contributed by atoms with Crippen LogP contribution in [0.3, 0.4) is 0 Å². The predicted molar refractivity (Wildman–Crippen MR) is 88.0 cm³/mol. The first-order chi connectivity index (χ1) is 10.6. The summed E-state index contributed by atoms with van der Waals surface area (Å²) in [7, 11) is 0. The van der Waals surface area contributed by atoms with Crippen LogP contribution >= 0.6 is 15.9 Å². The smallest absolute Gasteiger partial charge is 0.278 e. The van der Waals surface area contributed by atoms with Crippen molar-refractivity contribution >= 4 is 27.5 Å². The van der Waals surface area contributed by atoms with Gasteiger partial charge in [-0.2, -0.15) is 0 Å². The van der Waals surface area contributed by atoms with Crippen molar-refractivity contribution in [1.82, 2.24) is 20.3 Å². The fourth-order valence-corrected chi connectivity index (χ4v) is 3.10. The Hall–Kier alpha value is -1.73. The van der Waals surface area contributed by atoms with Crippen molar-refractivity contribution in [1.29, 1.82) is 0 Å². The van der Waals surface area contributed by atoms with E-state index in [4.69, 9.17) is 0 Å². The number of piperidine rings is 1. The summed E-state index contributed by atoms with van der Waals surface area (Å²) in [6.07, 6.45) is 2.02. The first-order valence-corrected chi connectivity index (χ1v) is 8.14. The number of amides is 1. The molecule has 2 heterocycles. The summed E-state index contributed by atoms with van der Waals surface area (Å²) >= 11 is 3.39. The van der Waals surface area contributed by atoms with Gasteiger partial charge >= 0.3 is 0 Å². The van der Waals surface area contributed by atoms with Crippen molar-refractivity contribution in [2.75, 3.05) is 18.4 Å². The van der Waals surface area contributed by atoms with Gasteiger partial charge in [-0.25, -0.2) is 4.68 Å². The second-order valence-electron chi connectivity index (χ2n) is 5.41. The molecule has 1 fully saturated rings. The number of carbonyl (C=O) groups excluding carboxylic acids is 1. The maximum Gasteiger partial charge on any atom is 0.278 e. The van der Waals surface area contributed by atoms with Crippen molar-refractivity contribution in [3.05, 3.63) is 40.1 Å². The molecule has 7 heteroatoms. The zero-order chi connectivity index (χ0) is 15.5. The molecule has 1 aromatic heterocycles. The van der Waals surface area contributed by atoms with Crippen LogP contribution in [-0.4, -0.2) is 34.0 Å². The van der Waals surface area contributed by atoms with Crippen LogP contribution < -0.4 is 10.6 Å². The van der Waals surface area contributed by atoms with Gasteiger partial charge in [0.2, 0.25) is 0 Å². The van der Waals surface area contributed by atoms with E-state index in [0.717, 1.165) is 41.8 Å². The lowest BCUT2D eigenvalue weighted by molar-refractivity contribution is 0.102. The molecule has 6 nitrogen and oxygen atoms in total. The third-order valence-electron chi connectivity index (χ3n) is 3.88. The molecule has 0 spiro atoms. The fraction of sp³-hybridized carbons (Fsp3) is 0.400. The molecule has 0 aliphatic carbocycles. The number of hydrogen-bond acceptors (Lipinski definition) is 4. The number of carbonyl (C=O) groups is 1. The predicted octanol–water partition coefficient (Wildman–Crippen LogP) is 2.53. The highest BCUT2D eigenvalue weighted by Gasteiger charge is 2.22. The van der Waals surface area contributed by atoms with Crippen molar-refractivity contribution in [2.24, 2.45) is 0 Å². The zero-order valence-corrected chi connectivity index (χ0v) is 13.9. The third kappa shape index (κ3) is 3.20. The number of aromatic nitrogens is 3. The van der Waals surface area contributed by atoms with Crippen LogP contribution in [-0.2, 0) is 0 Å². The second-order valence-corrected chi connectivity index (χ2v) is 6.33. The van der Waals surface area contributed by atoms with E-state index in [1.807, 2.05) is 35.9 Å². The molecular formula is C15H18BrN5O. The van der Waals surface area contributed by atoms with Crippen molar-refractivity contribution in [3.8, 4) is 0 Å². The molecule has 22 heavy (non-hydrogen) atoms. The highest BCUT2D eigenvalue weighted by Crippen LogP contribution is 2.21. The number of nitrogens with zero attached hydrogens (tertiary/aromatic N) is 3. The molecule has 3 rings (SSSR count). The van der Waals surface area contributed by atoms with E-state index in [-0.39, 0.29) is 5.91 Å². The average Bonchev–Trinajstić information content (AvgIpc) is 2.90. The quantitative estimate of drug-likeness (QED) is 0.878. The van der Waals surface area contributed by atoms with Crippen molar-refractivity contribution < 1.29 is 4.79 Å². The van der Waals surface area contributed by atoms with Crippen LogP contribution in [0.2, 0.25) is 0 Å². The van der Waals surface area contributed by atoms with E-state index in [2.05, 4.69) is 36.9 Å². The minimum Gasteiger partial charge on any atom is -0.320 e. The Morgan fingerprint density at radius 2 is 2.18 bits per heavy atom. The summed E-state index contributed by atoms with van der Waals surface area (Å²) in [6.45, 7) is 3.85. The summed E-state index contributed by atoms with van der Waals surface area (Å²) in [5.74, 6) is -0.226. The molecule has 1 saturated heterocycles. The molecule has 1 aromatic carbocycles. The zero-order valence-electron chi connectivity index (χ0n) is 12.3. The Balaban J connectivity index is 1.77. The third-order valence-corrected chi connectivity index (χ3v) is 4.37. The maximum atomic E-state index is 12.4. The Morgan fingerprint density at radius 3 is 2.91 bits per heavy atom. The molecular weight excluding hydrogens is 346 g/mol. The number of hydrogen-bond donors (Lipinski definition) is 2. The van der Waals surface area contributed by atoms with Gasteiger partial charge in [-0.3, -0.25) is 4.79 Å². The van der Waals surface area contributed by atoms with Gasteiger partial charge in [0.25, 0.3) is 5.91 Å². The molecule has 0 unspecified atom stereocenters. The molecule has 0 atom stereocenters. The molecule has 0 radical (unpaired) electrons. The number of nitrogens with one attached hydrogen (secondary N) is 2. The topological polar surface area (TPSA) is 71.8 Å². The Morgan fingerprint density at radius 1 is 1.41 bits per heavy atom. The van der Waals surface area contributed by atoms with Crippen LogP contribution in [0, 0.1) is 6.92 Å². The lowest BCUT2D eigenvalue weighted by atomic mass is 10.1. The minimum absolute atomic E-state index is 0.226.